The highest BCUT2D eigenvalue weighted by molar-refractivity contribution is 9.10. The Morgan fingerprint density at radius 1 is 1.33 bits per heavy atom. The molecule has 2 aromatic rings. The predicted molar refractivity (Wildman–Crippen MR) is 64.2 cm³/mol. The molecular weight excluding hydrogens is 308 g/mol. The number of nitrogens with zero attached hydrogens (tertiary/aromatic N) is 3. The zero-order valence-corrected chi connectivity index (χ0v) is 11.0. The van der Waals surface area contributed by atoms with Gasteiger partial charge in [-0.25, -0.2) is 13.5 Å². The van der Waals surface area contributed by atoms with Crippen LogP contribution in [0.3, 0.4) is 0 Å². The van der Waals surface area contributed by atoms with E-state index in [0.717, 1.165) is 0 Å². The summed E-state index contributed by atoms with van der Waals surface area (Å²) >= 11 is 3.16. The maximum atomic E-state index is 12.6. The van der Waals surface area contributed by atoms with Gasteiger partial charge in [0.2, 0.25) is 0 Å². The highest BCUT2D eigenvalue weighted by Gasteiger charge is 2.20. The molecule has 0 aliphatic carbocycles. The van der Waals surface area contributed by atoms with Crippen molar-refractivity contribution < 1.29 is 13.9 Å². The molecule has 0 bridgehead atoms. The SMILES string of the molecule is Cn1nnc(Br)c1C(O)c1cccc(C(F)F)c1. The molecule has 1 atom stereocenters. The summed E-state index contributed by atoms with van der Waals surface area (Å²) in [5.41, 5.74) is 0.665. The molecule has 2 rings (SSSR count). The van der Waals surface area contributed by atoms with Crippen LogP contribution in [0.15, 0.2) is 28.9 Å². The van der Waals surface area contributed by atoms with E-state index < -0.39 is 12.5 Å². The molecule has 0 aliphatic rings. The van der Waals surface area contributed by atoms with Gasteiger partial charge in [-0.2, -0.15) is 0 Å². The van der Waals surface area contributed by atoms with Gasteiger partial charge in [0.15, 0.2) is 4.60 Å². The predicted octanol–water partition coefficient (Wildman–Crippen LogP) is 2.60. The molecule has 1 heterocycles. The Labute approximate surface area is 110 Å². The molecule has 0 aliphatic heterocycles. The van der Waals surface area contributed by atoms with Crippen molar-refractivity contribution in [2.24, 2.45) is 7.05 Å². The molecule has 0 saturated heterocycles. The Morgan fingerprint density at radius 3 is 2.56 bits per heavy atom. The monoisotopic (exact) mass is 317 g/mol. The quantitative estimate of drug-likeness (QED) is 0.946. The number of aryl methyl sites for hydroxylation is 1. The number of alkyl halides is 2. The minimum Gasteiger partial charge on any atom is -0.382 e. The summed E-state index contributed by atoms with van der Waals surface area (Å²) in [5.74, 6) is 0. The summed E-state index contributed by atoms with van der Waals surface area (Å²) in [6.07, 6.45) is -3.62. The first kappa shape index (κ1) is 13.1. The summed E-state index contributed by atoms with van der Waals surface area (Å²) in [6, 6.07) is 5.65. The van der Waals surface area contributed by atoms with Gasteiger partial charge >= 0.3 is 0 Å². The summed E-state index contributed by atoms with van der Waals surface area (Å²) in [5, 5.41) is 17.6. The number of halogens is 3. The number of rotatable bonds is 3. The Kier molecular flexibility index (Phi) is 3.72. The maximum Gasteiger partial charge on any atom is 0.263 e. The molecule has 1 unspecified atom stereocenters. The van der Waals surface area contributed by atoms with Crippen LogP contribution in [0.25, 0.3) is 0 Å². The zero-order chi connectivity index (χ0) is 13.3. The highest BCUT2D eigenvalue weighted by atomic mass is 79.9. The molecule has 1 aromatic carbocycles. The molecular formula is C11H10BrF2N3O. The van der Waals surface area contributed by atoms with Crippen molar-refractivity contribution in [2.75, 3.05) is 0 Å². The van der Waals surface area contributed by atoms with Crippen molar-refractivity contribution in [3.8, 4) is 0 Å². The van der Waals surface area contributed by atoms with Gasteiger partial charge in [-0.1, -0.05) is 23.4 Å². The third-order valence-electron chi connectivity index (χ3n) is 2.56. The summed E-state index contributed by atoms with van der Waals surface area (Å²) < 4.78 is 27.0. The Hall–Kier alpha value is -1.34. The van der Waals surface area contributed by atoms with Crippen molar-refractivity contribution >= 4 is 15.9 Å². The van der Waals surface area contributed by atoms with Gasteiger partial charge < -0.3 is 5.11 Å². The molecule has 0 amide bonds. The van der Waals surface area contributed by atoms with Gasteiger partial charge in [-0.05, 0) is 27.6 Å². The first-order chi connectivity index (χ1) is 8.50. The molecule has 0 saturated carbocycles. The number of benzene rings is 1. The Morgan fingerprint density at radius 2 is 2.00 bits per heavy atom. The average Bonchev–Trinajstić information content (AvgIpc) is 2.68. The first-order valence-electron chi connectivity index (χ1n) is 5.12. The molecule has 0 radical (unpaired) electrons. The normalized spacial score (nSPS) is 13.0. The molecule has 0 spiro atoms. The van der Waals surface area contributed by atoms with Crippen LogP contribution in [0, 0.1) is 0 Å². The van der Waals surface area contributed by atoms with E-state index in [9.17, 15) is 13.9 Å². The van der Waals surface area contributed by atoms with E-state index in [2.05, 4.69) is 26.2 Å². The van der Waals surface area contributed by atoms with E-state index in [-0.39, 0.29) is 5.56 Å². The van der Waals surface area contributed by atoms with E-state index >= 15 is 0 Å². The summed E-state index contributed by atoms with van der Waals surface area (Å²) in [4.78, 5) is 0. The fraction of sp³-hybridized carbons (Fsp3) is 0.273. The third-order valence-corrected chi connectivity index (χ3v) is 3.13. The molecule has 4 nitrogen and oxygen atoms in total. The minimum atomic E-state index is -2.56. The van der Waals surface area contributed by atoms with Crippen LogP contribution in [-0.4, -0.2) is 20.1 Å². The van der Waals surface area contributed by atoms with Crippen molar-refractivity contribution in [1.82, 2.24) is 15.0 Å². The first-order valence-corrected chi connectivity index (χ1v) is 5.91. The number of hydrogen-bond acceptors (Lipinski definition) is 3. The van der Waals surface area contributed by atoms with Gasteiger partial charge in [0.1, 0.15) is 11.8 Å². The number of aliphatic hydroxyl groups excluding tert-OH is 1. The summed E-state index contributed by atoms with van der Waals surface area (Å²) in [7, 11) is 1.62. The van der Waals surface area contributed by atoms with Crippen molar-refractivity contribution in [2.45, 2.75) is 12.5 Å². The zero-order valence-electron chi connectivity index (χ0n) is 9.39. The lowest BCUT2D eigenvalue weighted by atomic mass is 10.0. The van der Waals surface area contributed by atoms with E-state index in [1.807, 2.05) is 0 Å². The van der Waals surface area contributed by atoms with Crippen LogP contribution < -0.4 is 0 Å². The second-order valence-corrected chi connectivity index (χ2v) is 4.51. The second-order valence-electron chi connectivity index (χ2n) is 3.76. The van der Waals surface area contributed by atoms with Gasteiger partial charge in [-0.15, -0.1) is 5.10 Å². The van der Waals surface area contributed by atoms with Crippen LogP contribution in [0.4, 0.5) is 8.78 Å². The van der Waals surface area contributed by atoms with Gasteiger partial charge in [-0.3, -0.25) is 0 Å². The van der Waals surface area contributed by atoms with Gasteiger partial charge in [0, 0.05) is 12.6 Å². The van der Waals surface area contributed by atoms with Crippen molar-refractivity contribution in [3.05, 3.63) is 45.7 Å². The number of aromatic nitrogens is 3. The Balaban J connectivity index is 2.40. The van der Waals surface area contributed by atoms with Crippen LogP contribution >= 0.6 is 15.9 Å². The van der Waals surface area contributed by atoms with Crippen LogP contribution in [0.5, 0.6) is 0 Å². The molecule has 96 valence electrons. The van der Waals surface area contributed by atoms with Gasteiger partial charge in [0.25, 0.3) is 6.43 Å². The lowest BCUT2D eigenvalue weighted by Crippen LogP contribution is -2.07. The van der Waals surface area contributed by atoms with E-state index in [4.69, 9.17) is 0 Å². The Bertz CT molecular complexity index is 539. The van der Waals surface area contributed by atoms with Gasteiger partial charge in [0.05, 0.1) is 0 Å². The molecule has 7 heteroatoms. The highest BCUT2D eigenvalue weighted by Crippen LogP contribution is 2.29. The second kappa shape index (κ2) is 5.11. The maximum absolute atomic E-state index is 12.6. The van der Waals surface area contributed by atoms with Crippen LogP contribution in [0.1, 0.15) is 29.4 Å². The molecule has 0 fully saturated rings. The smallest absolute Gasteiger partial charge is 0.263 e. The largest absolute Gasteiger partial charge is 0.382 e. The summed E-state index contributed by atoms with van der Waals surface area (Å²) in [6.45, 7) is 0. The van der Waals surface area contributed by atoms with E-state index in [1.165, 1.54) is 22.9 Å². The molecule has 1 N–H and O–H groups in total. The fourth-order valence-electron chi connectivity index (χ4n) is 1.65. The lowest BCUT2D eigenvalue weighted by molar-refractivity contribution is 0.150. The minimum absolute atomic E-state index is 0.127. The average molecular weight is 318 g/mol. The van der Waals surface area contributed by atoms with Crippen molar-refractivity contribution in [1.29, 1.82) is 0 Å². The molecule has 18 heavy (non-hydrogen) atoms. The third kappa shape index (κ3) is 2.41. The number of aliphatic hydroxyl groups is 1. The fourth-order valence-corrected chi connectivity index (χ4v) is 2.20. The number of hydrogen-bond donors (Lipinski definition) is 1. The topological polar surface area (TPSA) is 50.9 Å². The standard InChI is InChI=1S/C11H10BrF2N3O/c1-17-8(10(12)15-16-17)9(18)6-3-2-4-7(5-6)11(13)14/h2-5,9,11,18H,1H3. The van der Waals surface area contributed by atoms with Crippen LogP contribution in [0.2, 0.25) is 0 Å². The van der Waals surface area contributed by atoms with E-state index in [1.54, 1.807) is 13.1 Å². The lowest BCUT2D eigenvalue weighted by Gasteiger charge is -2.12. The van der Waals surface area contributed by atoms with Crippen LogP contribution in [-0.2, 0) is 7.05 Å². The van der Waals surface area contributed by atoms with E-state index in [0.29, 0.717) is 15.9 Å². The van der Waals surface area contributed by atoms with Crippen molar-refractivity contribution in [3.63, 3.8) is 0 Å². The molecule has 1 aromatic heterocycles.